The number of likely N-dealkylation sites (N-methyl/N-ethyl adjacent to an activating group) is 1. The predicted octanol–water partition coefficient (Wildman–Crippen LogP) is 2.24. The van der Waals surface area contributed by atoms with Gasteiger partial charge in [0.05, 0.1) is 18.8 Å². The topological polar surface area (TPSA) is 61.8 Å². The number of aliphatic hydroxyl groups is 1. The number of carbonyl (C=O) groups excluding carboxylic acids is 1. The highest BCUT2D eigenvalue weighted by molar-refractivity contribution is 6.35. The van der Waals surface area contributed by atoms with Crippen molar-refractivity contribution in [3.63, 3.8) is 0 Å². The van der Waals surface area contributed by atoms with E-state index in [9.17, 15) is 9.90 Å². The molecule has 0 heterocycles. The lowest BCUT2D eigenvalue weighted by molar-refractivity contribution is 0.0884. The van der Waals surface area contributed by atoms with Gasteiger partial charge < -0.3 is 20.1 Å². The minimum absolute atomic E-state index is 0.278. The number of carbonyl (C=O) groups is 1. The number of rotatable bonds is 4. The van der Waals surface area contributed by atoms with Gasteiger partial charge in [-0.1, -0.05) is 23.2 Å². The Morgan fingerprint density at radius 1 is 1.52 bits per heavy atom. The van der Waals surface area contributed by atoms with Gasteiger partial charge in [0, 0.05) is 37.2 Å². The summed E-state index contributed by atoms with van der Waals surface area (Å²) in [5.41, 5.74) is 1.64. The summed E-state index contributed by atoms with van der Waals surface area (Å²) in [5.74, 6) is 0. The zero-order valence-electron chi connectivity index (χ0n) is 11.9. The van der Waals surface area contributed by atoms with Crippen LogP contribution in [0.2, 0.25) is 10.0 Å². The number of nitrogens with one attached hydrogen (secondary N) is 1. The van der Waals surface area contributed by atoms with Crippen LogP contribution in [0.3, 0.4) is 0 Å². The van der Waals surface area contributed by atoms with Crippen molar-refractivity contribution in [2.75, 3.05) is 27.3 Å². The highest BCUT2D eigenvalue weighted by atomic mass is 35.5. The molecule has 2 rings (SSSR count). The summed E-state index contributed by atoms with van der Waals surface area (Å²) < 4.78 is 4.89. The van der Waals surface area contributed by atoms with Crippen LogP contribution >= 0.6 is 23.2 Å². The van der Waals surface area contributed by atoms with Gasteiger partial charge in [0.2, 0.25) is 0 Å². The molecule has 0 unspecified atom stereocenters. The van der Waals surface area contributed by atoms with Gasteiger partial charge in [-0.2, -0.15) is 0 Å². The van der Waals surface area contributed by atoms with E-state index in [0.717, 1.165) is 11.1 Å². The van der Waals surface area contributed by atoms with Crippen LogP contribution in [-0.2, 0) is 11.2 Å². The first-order valence-electron chi connectivity index (χ1n) is 6.61. The van der Waals surface area contributed by atoms with Crippen molar-refractivity contribution in [3.05, 3.63) is 33.3 Å². The second-order valence-corrected chi connectivity index (χ2v) is 5.85. The van der Waals surface area contributed by atoms with Crippen LogP contribution in [0.15, 0.2) is 12.1 Å². The molecule has 0 fully saturated rings. The fourth-order valence-electron chi connectivity index (χ4n) is 2.61. The summed E-state index contributed by atoms with van der Waals surface area (Å²) in [4.78, 5) is 13.6. The van der Waals surface area contributed by atoms with Gasteiger partial charge in [0.1, 0.15) is 0 Å². The summed E-state index contributed by atoms with van der Waals surface area (Å²) in [7, 11) is 3.21. The molecule has 1 aliphatic rings. The fraction of sp³-hybridized carbons (Fsp3) is 0.500. The molecule has 0 aromatic heterocycles. The molecule has 5 nitrogen and oxygen atoms in total. The van der Waals surface area contributed by atoms with E-state index < -0.39 is 12.1 Å². The predicted molar refractivity (Wildman–Crippen MR) is 82.0 cm³/mol. The number of aliphatic hydroxyl groups excluding tert-OH is 1. The smallest absolute Gasteiger partial charge is 0.317 e. The quantitative estimate of drug-likeness (QED) is 0.831. The van der Waals surface area contributed by atoms with Crippen molar-refractivity contribution in [2.45, 2.75) is 18.6 Å². The number of amides is 2. The Bertz CT molecular complexity index is 539. The Balaban J connectivity index is 2.19. The molecular weight excluding hydrogens is 315 g/mol. The second-order valence-electron chi connectivity index (χ2n) is 5.01. The minimum atomic E-state index is -0.700. The number of hydrogen-bond acceptors (Lipinski definition) is 3. The number of nitrogens with zero attached hydrogens (tertiary/aromatic N) is 1. The van der Waals surface area contributed by atoms with Crippen LogP contribution in [0.1, 0.15) is 17.2 Å². The maximum Gasteiger partial charge on any atom is 0.317 e. The first-order valence-corrected chi connectivity index (χ1v) is 7.36. The minimum Gasteiger partial charge on any atom is -0.390 e. The molecule has 0 bridgehead atoms. The van der Waals surface area contributed by atoms with Gasteiger partial charge in [-0.3, -0.25) is 0 Å². The Morgan fingerprint density at radius 2 is 2.24 bits per heavy atom. The van der Waals surface area contributed by atoms with Crippen LogP contribution in [-0.4, -0.2) is 49.5 Å². The van der Waals surface area contributed by atoms with Crippen LogP contribution in [0, 0.1) is 0 Å². The van der Waals surface area contributed by atoms with E-state index in [0.29, 0.717) is 29.6 Å². The largest absolute Gasteiger partial charge is 0.390 e. The number of urea groups is 1. The molecule has 0 aliphatic heterocycles. The molecule has 2 amide bonds. The van der Waals surface area contributed by atoms with Crippen LogP contribution in [0.25, 0.3) is 0 Å². The molecule has 116 valence electrons. The van der Waals surface area contributed by atoms with Gasteiger partial charge in [-0.15, -0.1) is 0 Å². The standard InChI is InChI=1S/C14H18Cl2N2O3/c1-18(14(20)17-3-4-21-2)13-10-5-8(15)6-11(16)9(10)7-12(13)19/h5-6,12-13,19H,3-4,7H2,1-2H3,(H,17,20)/t12-,13-/m0/s1. The average molecular weight is 333 g/mol. The summed E-state index contributed by atoms with van der Waals surface area (Å²) in [6, 6.07) is 2.66. The molecule has 0 spiro atoms. The normalized spacial score (nSPS) is 20.2. The average Bonchev–Trinajstić information content (AvgIpc) is 2.74. The van der Waals surface area contributed by atoms with Crippen molar-refractivity contribution < 1.29 is 14.6 Å². The molecule has 1 aromatic carbocycles. The zero-order chi connectivity index (χ0) is 15.6. The number of benzene rings is 1. The Morgan fingerprint density at radius 3 is 2.90 bits per heavy atom. The summed E-state index contributed by atoms with van der Waals surface area (Å²) in [6.45, 7) is 0.840. The molecule has 7 heteroatoms. The van der Waals surface area contributed by atoms with Crippen LogP contribution in [0.5, 0.6) is 0 Å². The van der Waals surface area contributed by atoms with Gasteiger partial charge in [-0.25, -0.2) is 4.79 Å². The van der Waals surface area contributed by atoms with Crippen LogP contribution in [0.4, 0.5) is 4.79 Å². The van der Waals surface area contributed by atoms with Crippen molar-refractivity contribution in [2.24, 2.45) is 0 Å². The van der Waals surface area contributed by atoms with Gasteiger partial charge in [-0.05, 0) is 23.3 Å². The van der Waals surface area contributed by atoms with Gasteiger partial charge in [0.15, 0.2) is 0 Å². The van der Waals surface area contributed by atoms with E-state index in [1.807, 2.05) is 0 Å². The molecule has 1 aliphatic carbocycles. The number of methoxy groups -OCH3 is 1. The Hall–Kier alpha value is -1.01. The number of halogens is 2. The fourth-order valence-corrected chi connectivity index (χ4v) is 3.19. The lowest BCUT2D eigenvalue weighted by atomic mass is 10.1. The maximum absolute atomic E-state index is 12.1. The summed E-state index contributed by atoms with van der Waals surface area (Å²) in [6.07, 6.45) is -0.291. The molecule has 2 atom stereocenters. The molecule has 0 saturated carbocycles. The molecule has 1 aromatic rings. The third-order valence-corrected chi connectivity index (χ3v) is 4.17. The SMILES string of the molecule is COCCNC(=O)N(C)[C@H]1c2cc(Cl)cc(Cl)c2C[C@@H]1O. The lowest BCUT2D eigenvalue weighted by Gasteiger charge is -2.28. The summed E-state index contributed by atoms with van der Waals surface area (Å²) in [5, 5.41) is 14.0. The van der Waals surface area contributed by atoms with Crippen molar-refractivity contribution in [1.82, 2.24) is 10.2 Å². The third-order valence-electron chi connectivity index (χ3n) is 3.61. The van der Waals surface area contributed by atoms with Crippen LogP contribution < -0.4 is 5.32 Å². The number of ether oxygens (including phenoxy) is 1. The zero-order valence-corrected chi connectivity index (χ0v) is 13.4. The number of fused-ring (bicyclic) bond motifs is 1. The maximum atomic E-state index is 12.1. The first kappa shape index (κ1) is 16.4. The Labute approximate surface area is 133 Å². The highest BCUT2D eigenvalue weighted by Gasteiger charge is 2.37. The number of hydrogen-bond donors (Lipinski definition) is 2. The molecule has 0 radical (unpaired) electrons. The van der Waals surface area contributed by atoms with Crippen molar-refractivity contribution in [3.8, 4) is 0 Å². The van der Waals surface area contributed by atoms with E-state index >= 15 is 0 Å². The van der Waals surface area contributed by atoms with Gasteiger partial charge in [0.25, 0.3) is 0 Å². The third kappa shape index (κ3) is 3.43. The first-order chi connectivity index (χ1) is 9.95. The van der Waals surface area contributed by atoms with E-state index in [1.165, 1.54) is 4.90 Å². The summed E-state index contributed by atoms with van der Waals surface area (Å²) >= 11 is 12.2. The lowest BCUT2D eigenvalue weighted by Crippen LogP contribution is -2.43. The Kier molecular flexibility index (Phi) is 5.32. The molecule has 2 N–H and O–H groups in total. The molecule has 0 saturated heterocycles. The monoisotopic (exact) mass is 332 g/mol. The molecular formula is C14H18Cl2N2O3. The molecule has 21 heavy (non-hydrogen) atoms. The van der Waals surface area contributed by atoms with Crippen molar-refractivity contribution >= 4 is 29.2 Å². The van der Waals surface area contributed by atoms with Crippen molar-refractivity contribution in [1.29, 1.82) is 0 Å². The van der Waals surface area contributed by atoms with E-state index in [-0.39, 0.29) is 6.03 Å². The van der Waals surface area contributed by atoms with E-state index in [4.69, 9.17) is 27.9 Å². The second kappa shape index (κ2) is 6.83. The highest BCUT2D eigenvalue weighted by Crippen LogP contribution is 2.40. The van der Waals surface area contributed by atoms with E-state index in [2.05, 4.69) is 5.32 Å². The van der Waals surface area contributed by atoms with Gasteiger partial charge >= 0.3 is 6.03 Å². The van der Waals surface area contributed by atoms with E-state index in [1.54, 1.807) is 26.3 Å².